The summed E-state index contributed by atoms with van der Waals surface area (Å²) in [6.07, 6.45) is 0. The summed E-state index contributed by atoms with van der Waals surface area (Å²) in [5.41, 5.74) is 3.73. The van der Waals surface area contributed by atoms with Crippen LogP contribution in [0.1, 0.15) is 41.2 Å². The molecule has 0 saturated carbocycles. The molecule has 0 unspecified atom stereocenters. The van der Waals surface area contributed by atoms with Crippen LogP contribution in [0.3, 0.4) is 0 Å². The summed E-state index contributed by atoms with van der Waals surface area (Å²) in [5.74, 6) is 0.943. The van der Waals surface area contributed by atoms with Crippen LogP contribution in [0.15, 0.2) is 18.2 Å². The number of benzene rings is 1. The first-order valence-corrected chi connectivity index (χ1v) is 8.87. The van der Waals surface area contributed by atoms with Crippen LogP contribution in [0.4, 0.5) is 5.69 Å². The van der Waals surface area contributed by atoms with Crippen LogP contribution < -0.4 is 14.8 Å². The molecule has 2 rings (SSSR count). The molecule has 1 N–H and O–H groups in total. The lowest BCUT2D eigenvalue weighted by Crippen LogP contribution is -2.15. The largest absolute Gasteiger partial charge is 0.493 e. The van der Waals surface area contributed by atoms with Gasteiger partial charge in [0.1, 0.15) is 0 Å². The standard InChI is InChI=1S/C20H25ClN2O3/c1-11(2)10-26-19-16(21)8-15(9-17(19)25-6)20(24)23-18-12(3)7-13(4)22-14(18)5/h7-9,11H,10H2,1-6H3,(H,23,24). The molecule has 1 aromatic carbocycles. The quantitative estimate of drug-likeness (QED) is 0.774. The molecule has 0 spiro atoms. The smallest absolute Gasteiger partial charge is 0.255 e. The van der Waals surface area contributed by atoms with Gasteiger partial charge in [0.25, 0.3) is 5.91 Å². The molecule has 1 aromatic heterocycles. The number of methoxy groups -OCH3 is 1. The predicted octanol–water partition coefficient (Wildman–Crippen LogP) is 4.96. The number of nitrogens with zero attached hydrogens (tertiary/aromatic N) is 1. The molecule has 0 fully saturated rings. The van der Waals surface area contributed by atoms with Gasteiger partial charge in [0.05, 0.1) is 30.1 Å². The molecule has 0 saturated heterocycles. The summed E-state index contributed by atoms with van der Waals surface area (Å²) in [7, 11) is 1.52. The molecule has 1 heterocycles. The Balaban J connectivity index is 2.31. The molecule has 1 amide bonds. The first-order chi connectivity index (χ1) is 12.2. The summed E-state index contributed by atoms with van der Waals surface area (Å²) >= 11 is 6.33. The van der Waals surface area contributed by atoms with Gasteiger partial charge in [-0.2, -0.15) is 0 Å². The molecular formula is C20H25ClN2O3. The molecule has 0 aliphatic rings. The number of amides is 1. The molecule has 0 bridgehead atoms. The van der Waals surface area contributed by atoms with Crippen molar-refractivity contribution >= 4 is 23.2 Å². The van der Waals surface area contributed by atoms with Crippen LogP contribution in [0.2, 0.25) is 5.02 Å². The highest BCUT2D eigenvalue weighted by molar-refractivity contribution is 6.32. The Morgan fingerprint density at radius 2 is 1.92 bits per heavy atom. The van der Waals surface area contributed by atoms with Crippen molar-refractivity contribution in [2.24, 2.45) is 5.92 Å². The Morgan fingerprint density at radius 1 is 1.23 bits per heavy atom. The second-order valence-corrected chi connectivity index (χ2v) is 7.10. The van der Waals surface area contributed by atoms with Crippen LogP contribution in [0.5, 0.6) is 11.5 Å². The molecule has 0 atom stereocenters. The molecule has 0 aliphatic heterocycles. The molecule has 2 aromatic rings. The van der Waals surface area contributed by atoms with Crippen molar-refractivity contribution in [3.05, 3.63) is 45.7 Å². The van der Waals surface area contributed by atoms with Gasteiger partial charge in [0, 0.05) is 11.3 Å². The van der Waals surface area contributed by atoms with Gasteiger partial charge < -0.3 is 14.8 Å². The van der Waals surface area contributed by atoms with Crippen LogP contribution in [0.25, 0.3) is 0 Å². The average Bonchev–Trinajstić information content (AvgIpc) is 2.55. The second kappa shape index (κ2) is 8.41. The predicted molar refractivity (Wildman–Crippen MR) is 105 cm³/mol. The third-order valence-electron chi connectivity index (χ3n) is 3.82. The summed E-state index contributed by atoms with van der Waals surface area (Å²) in [4.78, 5) is 17.1. The van der Waals surface area contributed by atoms with Crippen LogP contribution >= 0.6 is 11.6 Å². The zero-order valence-corrected chi connectivity index (χ0v) is 16.8. The fourth-order valence-electron chi connectivity index (χ4n) is 2.64. The van der Waals surface area contributed by atoms with Crippen molar-refractivity contribution in [3.63, 3.8) is 0 Å². The summed E-state index contributed by atoms with van der Waals surface area (Å²) in [6, 6.07) is 5.14. The number of carbonyl (C=O) groups excluding carboxylic acids is 1. The molecule has 0 radical (unpaired) electrons. The highest BCUT2D eigenvalue weighted by atomic mass is 35.5. The zero-order valence-electron chi connectivity index (χ0n) is 16.1. The lowest BCUT2D eigenvalue weighted by molar-refractivity contribution is 0.102. The van der Waals surface area contributed by atoms with E-state index in [0.717, 1.165) is 17.0 Å². The number of anilines is 1. The average molecular weight is 377 g/mol. The first-order valence-electron chi connectivity index (χ1n) is 8.49. The fourth-order valence-corrected chi connectivity index (χ4v) is 2.90. The minimum atomic E-state index is -0.280. The number of nitrogens with one attached hydrogen (secondary N) is 1. The number of carbonyl (C=O) groups is 1. The van der Waals surface area contributed by atoms with Crippen molar-refractivity contribution < 1.29 is 14.3 Å². The first kappa shape index (κ1) is 20.0. The second-order valence-electron chi connectivity index (χ2n) is 6.69. The van der Waals surface area contributed by atoms with Crippen molar-refractivity contribution in [2.75, 3.05) is 19.0 Å². The summed E-state index contributed by atoms with van der Waals surface area (Å²) in [6.45, 7) is 10.3. The van der Waals surface area contributed by atoms with Crippen molar-refractivity contribution in [1.29, 1.82) is 0 Å². The van der Waals surface area contributed by atoms with E-state index in [-0.39, 0.29) is 5.91 Å². The molecule has 140 valence electrons. The van der Waals surface area contributed by atoms with Gasteiger partial charge >= 0.3 is 0 Å². The van der Waals surface area contributed by atoms with E-state index in [9.17, 15) is 4.79 Å². The number of hydrogen-bond acceptors (Lipinski definition) is 4. The number of aryl methyl sites for hydroxylation is 3. The SMILES string of the molecule is COc1cc(C(=O)Nc2c(C)cc(C)nc2C)cc(Cl)c1OCC(C)C. The van der Waals surface area contributed by atoms with Gasteiger partial charge in [-0.3, -0.25) is 9.78 Å². The molecule has 0 aliphatic carbocycles. The maximum Gasteiger partial charge on any atom is 0.255 e. The highest BCUT2D eigenvalue weighted by Crippen LogP contribution is 2.37. The number of halogens is 1. The number of rotatable bonds is 6. The van der Waals surface area contributed by atoms with Crippen LogP contribution in [-0.4, -0.2) is 24.6 Å². The van der Waals surface area contributed by atoms with Crippen molar-refractivity contribution in [1.82, 2.24) is 4.98 Å². The summed E-state index contributed by atoms with van der Waals surface area (Å²) in [5, 5.41) is 3.25. The van der Waals surface area contributed by atoms with E-state index < -0.39 is 0 Å². The maximum atomic E-state index is 12.7. The Labute approximate surface area is 159 Å². The van der Waals surface area contributed by atoms with E-state index in [4.69, 9.17) is 21.1 Å². The topological polar surface area (TPSA) is 60.5 Å². The highest BCUT2D eigenvalue weighted by Gasteiger charge is 2.18. The van der Waals surface area contributed by atoms with E-state index in [1.807, 2.05) is 40.7 Å². The number of hydrogen-bond donors (Lipinski definition) is 1. The van der Waals surface area contributed by atoms with E-state index in [1.165, 1.54) is 7.11 Å². The van der Waals surface area contributed by atoms with Crippen molar-refractivity contribution in [3.8, 4) is 11.5 Å². The third-order valence-corrected chi connectivity index (χ3v) is 4.10. The Bertz CT molecular complexity index is 796. The Morgan fingerprint density at radius 3 is 2.50 bits per heavy atom. The number of pyridine rings is 1. The van der Waals surface area contributed by atoms with Crippen LogP contribution in [-0.2, 0) is 0 Å². The zero-order chi connectivity index (χ0) is 19.4. The molecule has 26 heavy (non-hydrogen) atoms. The Kier molecular flexibility index (Phi) is 6.48. The van der Waals surface area contributed by atoms with Gasteiger partial charge in [-0.25, -0.2) is 0 Å². The van der Waals surface area contributed by atoms with Gasteiger partial charge in [0.2, 0.25) is 0 Å². The Hall–Kier alpha value is -2.27. The summed E-state index contributed by atoms with van der Waals surface area (Å²) < 4.78 is 11.1. The number of ether oxygens (including phenoxy) is 2. The fraction of sp³-hybridized carbons (Fsp3) is 0.400. The number of aromatic nitrogens is 1. The van der Waals surface area contributed by atoms with E-state index in [0.29, 0.717) is 40.3 Å². The van der Waals surface area contributed by atoms with Gasteiger partial charge in [0.15, 0.2) is 11.5 Å². The molecule has 6 heteroatoms. The molecular weight excluding hydrogens is 352 g/mol. The van der Waals surface area contributed by atoms with Crippen LogP contribution in [0, 0.1) is 26.7 Å². The van der Waals surface area contributed by atoms with E-state index in [1.54, 1.807) is 12.1 Å². The lowest BCUT2D eigenvalue weighted by atomic mass is 10.1. The van der Waals surface area contributed by atoms with Gasteiger partial charge in [-0.1, -0.05) is 25.4 Å². The minimum absolute atomic E-state index is 0.280. The van der Waals surface area contributed by atoms with E-state index in [2.05, 4.69) is 10.3 Å². The lowest BCUT2D eigenvalue weighted by Gasteiger charge is -2.16. The molecule has 5 nitrogen and oxygen atoms in total. The van der Waals surface area contributed by atoms with Crippen molar-refractivity contribution in [2.45, 2.75) is 34.6 Å². The van der Waals surface area contributed by atoms with Gasteiger partial charge in [-0.05, 0) is 50.5 Å². The van der Waals surface area contributed by atoms with E-state index >= 15 is 0 Å². The normalized spacial score (nSPS) is 10.8. The third kappa shape index (κ3) is 4.67. The maximum absolute atomic E-state index is 12.7. The monoisotopic (exact) mass is 376 g/mol. The minimum Gasteiger partial charge on any atom is -0.493 e. The van der Waals surface area contributed by atoms with Gasteiger partial charge in [-0.15, -0.1) is 0 Å².